The minimum atomic E-state index is -0.155. The largest absolute Gasteiger partial charge is 0.345 e. The van der Waals surface area contributed by atoms with E-state index in [1.807, 2.05) is 43.3 Å². The van der Waals surface area contributed by atoms with E-state index in [1.54, 1.807) is 24.5 Å². The van der Waals surface area contributed by atoms with Crippen LogP contribution < -0.4 is 10.6 Å². The van der Waals surface area contributed by atoms with E-state index < -0.39 is 0 Å². The van der Waals surface area contributed by atoms with Gasteiger partial charge in [-0.3, -0.25) is 9.78 Å². The molecule has 2 heterocycles. The van der Waals surface area contributed by atoms with Gasteiger partial charge in [0.15, 0.2) is 0 Å². The van der Waals surface area contributed by atoms with Crippen molar-refractivity contribution in [3.8, 4) is 0 Å². The van der Waals surface area contributed by atoms with Crippen LogP contribution in [-0.4, -0.2) is 15.9 Å². The molecule has 28 heavy (non-hydrogen) atoms. The van der Waals surface area contributed by atoms with Crippen LogP contribution in [0.3, 0.4) is 0 Å². The summed E-state index contributed by atoms with van der Waals surface area (Å²) in [4.78, 5) is 21.3. The maximum absolute atomic E-state index is 12.5. The molecular formula is C22H23ClN4O. The molecule has 0 saturated heterocycles. The number of nitrogens with one attached hydrogen (secondary N) is 2. The van der Waals surface area contributed by atoms with Gasteiger partial charge in [-0.25, -0.2) is 4.98 Å². The standard InChI is InChI=1S/C22H23ClN4O/c1-3-7-20(27-22(28)16-8-5-4-6-9-16)17-12-19(23)21(25-13-17)26-18-11-10-15(2)24-14-18/h4-6,8-14,20H,3,7H2,1-2H3,(H,25,26)(H,27,28)/t20-/m1/s1. The molecule has 0 aliphatic carbocycles. The number of carbonyl (C=O) groups is 1. The first-order valence-corrected chi connectivity index (χ1v) is 9.65. The molecule has 5 nitrogen and oxygen atoms in total. The second kappa shape index (κ2) is 9.33. The maximum atomic E-state index is 12.5. The van der Waals surface area contributed by atoms with Gasteiger partial charge in [-0.05, 0) is 49.2 Å². The molecule has 0 bridgehead atoms. The van der Waals surface area contributed by atoms with E-state index in [1.165, 1.54) is 0 Å². The van der Waals surface area contributed by atoms with Crippen molar-refractivity contribution in [3.05, 3.63) is 82.8 Å². The van der Waals surface area contributed by atoms with Crippen molar-refractivity contribution in [2.75, 3.05) is 5.32 Å². The fourth-order valence-corrected chi connectivity index (χ4v) is 3.08. The topological polar surface area (TPSA) is 66.9 Å². The maximum Gasteiger partial charge on any atom is 0.251 e. The summed E-state index contributed by atoms with van der Waals surface area (Å²) in [5, 5.41) is 6.75. The van der Waals surface area contributed by atoms with Crippen molar-refractivity contribution in [3.63, 3.8) is 0 Å². The molecule has 3 aromatic rings. The number of hydrogen-bond donors (Lipinski definition) is 2. The Bertz CT molecular complexity index is 929. The predicted molar refractivity (Wildman–Crippen MR) is 113 cm³/mol. The monoisotopic (exact) mass is 394 g/mol. The number of benzene rings is 1. The fourth-order valence-electron chi connectivity index (χ4n) is 2.86. The van der Waals surface area contributed by atoms with Crippen LogP contribution in [0.25, 0.3) is 0 Å². The van der Waals surface area contributed by atoms with Gasteiger partial charge in [0.1, 0.15) is 5.82 Å². The highest BCUT2D eigenvalue weighted by atomic mass is 35.5. The number of hydrogen-bond acceptors (Lipinski definition) is 4. The molecule has 0 radical (unpaired) electrons. The van der Waals surface area contributed by atoms with E-state index >= 15 is 0 Å². The number of halogens is 1. The average molecular weight is 395 g/mol. The molecule has 144 valence electrons. The number of anilines is 2. The van der Waals surface area contributed by atoms with Crippen molar-refractivity contribution in [2.45, 2.75) is 32.7 Å². The molecule has 0 unspecified atom stereocenters. The zero-order valence-electron chi connectivity index (χ0n) is 15.9. The number of aromatic nitrogens is 2. The summed E-state index contributed by atoms with van der Waals surface area (Å²) in [6, 6.07) is 14.7. The van der Waals surface area contributed by atoms with Gasteiger partial charge in [0.25, 0.3) is 5.91 Å². The molecule has 1 aromatic carbocycles. The predicted octanol–water partition coefficient (Wildman–Crippen LogP) is 5.45. The Kier molecular flexibility index (Phi) is 6.61. The summed E-state index contributed by atoms with van der Waals surface area (Å²) in [5.74, 6) is 0.448. The molecule has 0 aliphatic heterocycles. The van der Waals surface area contributed by atoms with Gasteiger partial charge in [-0.2, -0.15) is 0 Å². The number of rotatable bonds is 7. The van der Waals surface area contributed by atoms with Crippen LogP contribution in [-0.2, 0) is 0 Å². The van der Waals surface area contributed by atoms with Gasteiger partial charge in [-0.1, -0.05) is 43.1 Å². The summed E-state index contributed by atoms with van der Waals surface area (Å²) < 4.78 is 0. The molecule has 0 fully saturated rings. The van der Waals surface area contributed by atoms with Crippen molar-refractivity contribution in [1.82, 2.24) is 15.3 Å². The lowest BCUT2D eigenvalue weighted by Gasteiger charge is -2.19. The van der Waals surface area contributed by atoms with Crippen LogP contribution in [0.5, 0.6) is 0 Å². The van der Waals surface area contributed by atoms with Crippen LogP contribution >= 0.6 is 11.6 Å². The highest BCUT2D eigenvalue weighted by molar-refractivity contribution is 6.33. The first kappa shape index (κ1) is 19.8. The summed E-state index contributed by atoms with van der Waals surface area (Å²) in [6.07, 6.45) is 5.21. The number of pyridine rings is 2. The molecule has 1 amide bonds. The third-order valence-electron chi connectivity index (χ3n) is 4.36. The summed E-state index contributed by atoms with van der Waals surface area (Å²) in [6.45, 7) is 4.01. The van der Waals surface area contributed by atoms with E-state index in [-0.39, 0.29) is 11.9 Å². The highest BCUT2D eigenvalue weighted by Crippen LogP contribution is 2.28. The second-order valence-electron chi connectivity index (χ2n) is 6.59. The number of nitrogens with zero attached hydrogens (tertiary/aromatic N) is 2. The Morgan fingerprint density at radius 1 is 1.11 bits per heavy atom. The zero-order chi connectivity index (χ0) is 19.9. The number of carbonyl (C=O) groups excluding carboxylic acids is 1. The first-order chi connectivity index (χ1) is 13.6. The normalized spacial score (nSPS) is 11.7. The third-order valence-corrected chi connectivity index (χ3v) is 4.65. The molecule has 1 atom stereocenters. The fraction of sp³-hybridized carbons (Fsp3) is 0.227. The molecule has 0 saturated carbocycles. The van der Waals surface area contributed by atoms with Gasteiger partial charge in [0.2, 0.25) is 0 Å². The summed E-state index contributed by atoms with van der Waals surface area (Å²) in [7, 11) is 0. The van der Waals surface area contributed by atoms with E-state index in [2.05, 4.69) is 27.5 Å². The first-order valence-electron chi connectivity index (χ1n) is 9.28. The van der Waals surface area contributed by atoms with Crippen LogP contribution in [0, 0.1) is 6.92 Å². The molecule has 0 aliphatic rings. The van der Waals surface area contributed by atoms with Crippen LogP contribution in [0.15, 0.2) is 60.9 Å². The molecular weight excluding hydrogens is 372 g/mol. The lowest BCUT2D eigenvalue weighted by atomic mass is 10.0. The van der Waals surface area contributed by atoms with Crippen molar-refractivity contribution in [2.24, 2.45) is 0 Å². The summed E-state index contributed by atoms with van der Waals surface area (Å²) >= 11 is 6.45. The summed E-state index contributed by atoms with van der Waals surface area (Å²) in [5.41, 5.74) is 3.27. The lowest BCUT2D eigenvalue weighted by Crippen LogP contribution is -2.28. The Labute approximate surface area is 170 Å². The Hall–Kier alpha value is -2.92. The second-order valence-corrected chi connectivity index (χ2v) is 7.00. The third kappa shape index (κ3) is 5.08. The lowest BCUT2D eigenvalue weighted by molar-refractivity contribution is 0.0934. The average Bonchev–Trinajstić information content (AvgIpc) is 2.71. The number of amides is 1. The Balaban J connectivity index is 1.76. The molecule has 0 spiro atoms. The van der Waals surface area contributed by atoms with Crippen LogP contribution in [0.1, 0.15) is 47.4 Å². The Morgan fingerprint density at radius 3 is 2.54 bits per heavy atom. The molecule has 2 aromatic heterocycles. The SMILES string of the molecule is CCC[C@@H](NC(=O)c1ccccc1)c1cnc(Nc2ccc(C)nc2)c(Cl)c1. The van der Waals surface area contributed by atoms with Gasteiger partial charge in [-0.15, -0.1) is 0 Å². The van der Waals surface area contributed by atoms with E-state index in [4.69, 9.17) is 11.6 Å². The van der Waals surface area contributed by atoms with Gasteiger partial charge >= 0.3 is 0 Å². The highest BCUT2D eigenvalue weighted by Gasteiger charge is 2.17. The smallest absolute Gasteiger partial charge is 0.251 e. The molecule has 6 heteroatoms. The van der Waals surface area contributed by atoms with Gasteiger partial charge in [0, 0.05) is 17.5 Å². The van der Waals surface area contributed by atoms with Crippen molar-refractivity contribution < 1.29 is 4.79 Å². The van der Waals surface area contributed by atoms with Crippen LogP contribution in [0.4, 0.5) is 11.5 Å². The Morgan fingerprint density at radius 2 is 1.89 bits per heavy atom. The molecule has 3 rings (SSSR count). The van der Waals surface area contributed by atoms with Gasteiger partial charge in [0.05, 0.1) is 22.9 Å². The van der Waals surface area contributed by atoms with Crippen molar-refractivity contribution >= 4 is 29.0 Å². The quantitative estimate of drug-likeness (QED) is 0.558. The van der Waals surface area contributed by atoms with Crippen LogP contribution in [0.2, 0.25) is 5.02 Å². The minimum absolute atomic E-state index is 0.108. The van der Waals surface area contributed by atoms with E-state index in [0.717, 1.165) is 29.8 Å². The van der Waals surface area contributed by atoms with E-state index in [0.29, 0.717) is 16.4 Å². The zero-order valence-corrected chi connectivity index (χ0v) is 16.7. The van der Waals surface area contributed by atoms with Crippen molar-refractivity contribution in [1.29, 1.82) is 0 Å². The van der Waals surface area contributed by atoms with E-state index in [9.17, 15) is 4.79 Å². The van der Waals surface area contributed by atoms with Gasteiger partial charge < -0.3 is 10.6 Å². The minimum Gasteiger partial charge on any atom is -0.345 e. The number of aryl methyl sites for hydroxylation is 1. The molecule has 2 N–H and O–H groups in total.